The van der Waals surface area contributed by atoms with Crippen LogP contribution in [0.1, 0.15) is 52.4 Å². The molecule has 2 heteroatoms. The zero-order chi connectivity index (χ0) is 8.97. The molecule has 0 aromatic carbocycles. The van der Waals surface area contributed by atoms with Gasteiger partial charge in [-0.05, 0) is 25.2 Å². The summed E-state index contributed by atoms with van der Waals surface area (Å²) in [6.45, 7) is 4.45. The summed E-state index contributed by atoms with van der Waals surface area (Å²) in [7, 11) is 0. The van der Waals surface area contributed by atoms with Gasteiger partial charge >= 0.3 is 0 Å². The van der Waals surface area contributed by atoms with Crippen LogP contribution < -0.4 is 5.73 Å². The monoisotopic (exact) mass is 205 g/mol. The number of hydrogen-bond acceptors (Lipinski definition) is 1. The molecule has 80 valence electrons. The molecule has 0 aromatic heterocycles. The third kappa shape index (κ3) is 4.87. The maximum atomic E-state index is 5.79. The van der Waals surface area contributed by atoms with Crippen LogP contribution in [-0.4, -0.2) is 6.04 Å². The van der Waals surface area contributed by atoms with Crippen molar-refractivity contribution < 1.29 is 0 Å². The molecule has 1 aliphatic carbocycles. The predicted octanol–water partition coefficient (Wildman–Crippen LogP) is 3.36. The maximum Gasteiger partial charge on any atom is 0.00131 e. The van der Waals surface area contributed by atoms with Gasteiger partial charge in [-0.15, -0.1) is 12.4 Å². The summed E-state index contributed by atoms with van der Waals surface area (Å²) in [5.74, 6) is 1.96. The quantitative estimate of drug-likeness (QED) is 0.752. The van der Waals surface area contributed by atoms with Crippen LogP contribution in [0.15, 0.2) is 0 Å². The lowest BCUT2D eigenvalue weighted by atomic mass is 9.78. The fourth-order valence-electron chi connectivity index (χ4n) is 2.40. The molecule has 0 amide bonds. The fourth-order valence-corrected chi connectivity index (χ4v) is 2.40. The summed E-state index contributed by atoms with van der Waals surface area (Å²) < 4.78 is 0. The lowest BCUT2D eigenvalue weighted by molar-refractivity contribution is 0.250. The molecule has 13 heavy (non-hydrogen) atoms. The number of rotatable bonds is 3. The van der Waals surface area contributed by atoms with Gasteiger partial charge in [0.2, 0.25) is 0 Å². The van der Waals surface area contributed by atoms with E-state index in [1.54, 1.807) is 0 Å². The van der Waals surface area contributed by atoms with Crippen molar-refractivity contribution in [2.75, 3.05) is 0 Å². The van der Waals surface area contributed by atoms with E-state index in [4.69, 9.17) is 5.73 Å². The highest BCUT2D eigenvalue weighted by Gasteiger charge is 2.20. The molecule has 0 bridgehead atoms. The zero-order valence-electron chi connectivity index (χ0n) is 8.96. The topological polar surface area (TPSA) is 26.0 Å². The van der Waals surface area contributed by atoms with Crippen LogP contribution in [0.25, 0.3) is 0 Å². The third-order valence-electron chi connectivity index (χ3n) is 3.25. The Kier molecular flexibility index (Phi) is 6.79. The molecular weight excluding hydrogens is 182 g/mol. The van der Waals surface area contributed by atoms with E-state index in [1.807, 2.05) is 0 Å². The van der Waals surface area contributed by atoms with E-state index in [9.17, 15) is 0 Å². The molecule has 0 aromatic rings. The molecule has 1 saturated carbocycles. The summed E-state index contributed by atoms with van der Waals surface area (Å²) in [4.78, 5) is 0. The van der Waals surface area contributed by atoms with Gasteiger partial charge < -0.3 is 5.73 Å². The fraction of sp³-hybridized carbons (Fsp3) is 1.00. The molecule has 1 unspecified atom stereocenters. The van der Waals surface area contributed by atoms with Crippen LogP contribution in [0.4, 0.5) is 0 Å². The van der Waals surface area contributed by atoms with E-state index >= 15 is 0 Å². The summed E-state index contributed by atoms with van der Waals surface area (Å²) in [5, 5.41) is 0. The standard InChI is InChI=1S/C11H23N.ClH/c1-3-10-4-6-11(7-5-10)8-9(2)12;/h9-11H,3-8,12H2,1-2H3;1H. The molecule has 0 saturated heterocycles. The summed E-state index contributed by atoms with van der Waals surface area (Å²) in [5.41, 5.74) is 5.79. The molecule has 0 aliphatic heterocycles. The number of halogens is 1. The van der Waals surface area contributed by atoms with Gasteiger partial charge in [0.25, 0.3) is 0 Å². The lowest BCUT2D eigenvalue weighted by Crippen LogP contribution is -2.23. The van der Waals surface area contributed by atoms with E-state index < -0.39 is 0 Å². The van der Waals surface area contributed by atoms with Crippen LogP contribution in [0.3, 0.4) is 0 Å². The Bertz CT molecular complexity index is 117. The number of nitrogens with two attached hydrogens (primary N) is 1. The highest BCUT2D eigenvalue weighted by atomic mass is 35.5. The Hall–Kier alpha value is 0.250. The van der Waals surface area contributed by atoms with Crippen molar-refractivity contribution in [1.29, 1.82) is 0 Å². The van der Waals surface area contributed by atoms with E-state index in [-0.39, 0.29) is 12.4 Å². The van der Waals surface area contributed by atoms with Crippen LogP contribution in [0.2, 0.25) is 0 Å². The summed E-state index contributed by atoms with van der Waals surface area (Å²) in [6.07, 6.45) is 8.39. The molecule has 1 fully saturated rings. The van der Waals surface area contributed by atoms with Gasteiger partial charge in [0.05, 0.1) is 0 Å². The maximum absolute atomic E-state index is 5.79. The highest BCUT2D eigenvalue weighted by Crippen LogP contribution is 2.32. The average Bonchev–Trinajstić information content (AvgIpc) is 2.05. The van der Waals surface area contributed by atoms with E-state index in [0.29, 0.717) is 6.04 Å². The Labute approximate surface area is 88.9 Å². The molecule has 0 heterocycles. The smallest absolute Gasteiger partial charge is 0.00131 e. The van der Waals surface area contributed by atoms with Crippen molar-refractivity contribution in [3.63, 3.8) is 0 Å². The van der Waals surface area contributed by atoms with Crippen molar-refractivity contribution in [3.8, 4) is 0 Å². The van der Waals surface area contributed by atoms with E-state index in [2.05, 4.69) is 13.8 Å². The predicted molar refractivity (Wildman–Crippen MR) is 61.3 cm³/mol. The molecule has 1 rings (SSSR count). The highest BCUT2D eigenvalue weighted by molar-refractivity contribution is 5.85. The Morgan fingerprint density at radius 1 is 1.15 bits per heavy atom. The SMILES string of the molecule is CCC1CCC(CC(C)N)CC1.Cl. The van der Waals surface area contributed by atoms with Gasteiger partial charge in [0.15, 0.2) is 0 Å². The first kappa shape index (κ1) is 13.2. The first-order valence-corrected chi connectivity index (χ1v) is 5.48. The van der Waals surface area contributed by atoms with Gasteiger partial charge in [-0.2, -0.15) is 0 Å². The lowest BCUT2D eigenvalue weighted by Gasteiger charge is -2.28. The summed E-state index contributed by atoms with van der Waals surface area (Å²) in [6, 6.07) is 0.410. The Morgan fingerprint density at radius 2 is 1.62 bits per heavy atom. The van der Waals surface area contributed by atoms with Crippen molar-refractivity contribution >= 4 is 12.4 Å². The average molecular weight is 206 g/mol. The van der Waals surface area contributed by atoms with Crippen LogP contribution >= 0.6 is 12.4 Å². The summed E-state index contributed by atoms with van der Waals surface area (Å²) >= 11 is 0. The van der Waals surface area contributed by atoms with Crippen LogP contribution in [-0.2, 0) is 0 Å². The minimum Gasteiger partial charge on any atom is -0.328 e. The molecule has 1 aliphatic rings. The molecule has 2 N–H and O–H groups in total. The largest absolute Gasteiger partial charge is 0.328 e. The van der Waals surface area contributed by atoms with Crippen molar-refractivity contribution in [1.82, 2.24) is 0 Å². The second-order valence-corrected chi connectivity index (χ2v) is 4.51. The van der Waals surface area contributed by atoms with Gasteiger partial charge in [-0.25, -0.2) is 0 Å². The van der Waals surface area contributed by atoms with Crippen LogP contribution in [0, 0.1) is 11.8 Å². The number of hydrogen-bond donors (Lipinski definition) is 1. The second kappa shape index (κ2) is 6.67. The molecule has 0 radical (unpaired) electrons. The third-order valence-corrected chi connectivity index (χ3v) is 3.25. The van der Waals surface area contributed by atoms with E-state index in [0.717, 1.165) is 11.8 Å². The van der Waals surface area contributed by atoms with Gasteiger partial charge in [0, 0.05) is 6.04 Å². The van der Waals surface area contributed by atoms with E-state index in [1.165, 1.54) is 38.5 Å². The first-order chi connectivity index (χ1) is 5.72. The minimum absolute atomic E-state index is 0. The van der Waals surface area contributed by atoms with Gasteiger partial charge in [0.1, 0.15) is 0 Å². The molecular formula is C11H24ClN. The van der Waals surface area contributed by atoms with Crippen molar-refractivity contribution in [2.24, 2.45) is 17.6 Å². The molecule has 1 atom stereocenters. The van der Waals surface area contributed by atoms with Crippen molar-refractivity contribution in [3.05, 3.63) is 0 Å². The minimum atomic E-state index is 0. The molecule has 0 spiro atoms. The van der Waals surface area contributed by atoms with Gasteiger partial charge in [-0.1, -0.05) is 39.0 Å². The zero-order valence-corrected chi connectivity index (χ0v) is 9.78. The molecule has 1 nitrogen and oxygen atoms in total. The normalized spacial score (nSPS) is 30.7. The first-order valence-electron chi connectivity index (χ1n) is 5.48. The Morgan fingerprint density at radius 3 is 2.00 bits per heavy atom. The second-order valence-electron chi connectivity index (χ2n) is 4.51. The van der Waals surface area contributed by atoms with Gasteiger partial charge in [-0.3, -0.25) is 0 Å². The van der Waals surface area contributed by atoms with Crippen molar-refractivity contribution in [2.45, 2.75) is 58.4 Å². The Balaban J connectivity index is 0.00000144. The van der Waals surface area contributed by atoms with Crippen LogP contribution in [0.5, 0.6) is 0 Å².